The van der Waals surface area contributed by atoms with E-state index in [1.807, 2.05) is 54.6 Å². The molecular formula is C38H41N4O5+. The van der Waals surface area contributed by atoms with Crippen LogP contribution >= 0.6 is 0 Å². The van der Waals surface area contributed by atoms with Crippen molar-refractivity contribution in [3.63, 3.8) is 0 Å². The molecule has 242 valence electrons. The number of fused-ring (bicyclic) bond motifs is 2. The highest BCUT2D eigenvalue weighted by molar-refractivity contribution is 6.05. The van der Waals surface area contributed by atoms with Crippen molar-refractivity contribution in [1.29, 1.82) is 5.26 Å². The molecule has 2 atom stereocenters. The van der Waals surface area contributed by atoms with Crippen LogP contribution in [0.5, 0.6) is 5.75 Å². The Labute approximate surface area is 276 Å². The van der Waals surface area contributed by atoms with E-state index < -0.39 is 16.8 Å². The molecule has 2 aromatic rings. The monoisotopic (exact) mass is 633 g/mol. The number of carbonyl (C=O) groups excluding carboxylic acids is 1. The molecule has 2 aromatic carbocycles. The lowest BCUT2D eigenvalue weighted by Gasteiger charge is -2.30. The van der Waals surface area contributed by atoms with Gasteiger partial charge in [0.1, 0.15) is 5.75 Å². The van der Waals surface area contributed by atoms with E-state index >= 15 is 0 Å². The summed E-state index contributed by atoms with van der Waals surface area (Å²) in [6.07, 6.45) is 9.63. The molecule has 9 heteroatoms. The van der Waals surface area contributed by atoms with Crippen molar-refractivity contribution in [2.75, 3.05) is 31.7 Å². The van der Waals surface area contributed by atoms with Crippen LogP contribution in [0.4, 0.5) is 17.1 Å². The summed E-state index contributed by atoms with van der Waals surface area (Å²) in [6, 6.07) is 13.9. The molecule has 2 unspecified atom stereocenters. The van der Waals surface area contributed by atoms with Gasteiger partial charge >= 0.3 is 5.97 Å². The largest absolute Gasteiger partial charge is 0.497 e. The molecule has 2 heterocycles. The molecule has 0 amide bonds. The Hall–Kier alpha value is -5.41. The standard InChI is InChI=1S/C38H40N4O5/c1-7-16-37(3)30-23-28(40-5)12-14-32(30)42(19-10-20-47-26-43)34(37)21-27(25-39)22-35-38(4,17-8-2)31-24-29(46-6)13-15-33(31)41(35)18-9-11-36(44)45/h7-8,12-15,21-24,26H,1-2,9-11,16-20H2,3-4,6H3/p+1. The Balaban J connectivity index is 1.94. The number of allylic oxidation sites excluding steroid dienone is 6. The van der Waals surface area contributed by atoms with Gasteiger partial charge in [-0.05, 0) is 81.1 Å². The van der Waals surface area contributed by atoms with Gasteiger partial charge in [-0.1, -0.05) is 12.2 Å². The van der Waals surface area contributed by atoms with Crippen molar-refractivity contribution < 1.29 is 28.7 Å². The van der Waals surface area contributed by atoms with Crippen molar-refractivity contribution in [2.45, 2.75) is 56.8 Å². The Morgan fingerprint density at radius 2 is 1.87 bits per heavy atom. The third-order valence-corrected chi connectivity index (χ3v) is 9.10. The number of nitriles is 1. The molecule has 0 aliphatic carbocycles. The van der Waals surface area contributed by atoms with Crippen LogP contribution in [0.3, 0.4) is 0 Å². The first-order chi connectivity index (χ1) is 22.6. The molecule has 9 nitrogen and oxygen atoms in total. The van der Waals surface area contributed by atoms with Gasteiger partial charge in [-0.15, -0.1) is 13.2 Å². The van der Waals surface area contributed by atoms with E-state index in [1.165, 1.54) is 0 Å². The fraction of sp³-hybridized carbons (Fsp3) is 0.342. The SMILES string of the molecule is [C-]#[N+]c1ccc2c(c1)C(C)(CC=C)C(/C=C(C#N)/C=C1\N(CCCC(=O)O)c3ccc(OC)cc3C1(C)CC=C)=[N+]2CCCOC=O. The van der Waals surface area contributed by atoms with Gasteiger partial charge in [0.15, 0.2) is 17.9 Å². The van der Waals surface area contributed by atoms with Crippen molar-refractivity contribution in [3.05, 3.63) is 108 Å². The molecule has 1 N–H and O–H groups in total. The van der Waals surface area contributed by atoms with Crippen LogP contribution in [0.2, 0.25) is 0 Å². The number of rotatable bonds is 16. The number of carboxylic acid groups (broad SMARTS) is 1. The first-order valence-electron chi connectivity index (χ1n) is 15.6. The van der Waals surface area contributed by atoms with Gasteiger partial charge in [-0.25, -0.2) is 4.85 Å². The molecule has 0 saturated carbocycles. The second-order valence-corrected chi connectivity index (χ2v) is 12.1. The normalized spacial score (nSPS) is 20.7. The summed E-state index contributed by atoms with van der Waals surface area (Å²) < 4.78 is 12.7. The Morgan fingerprint density at radius 1 is 1.13 bits per heavy atom. The lowest BCUT2D eigenvalue weighted by Crippen LogP contribution is -2.32. The number of ether oxygens (including phenoxy) is 2. The highest BCUT2D eigenvalue weighted by Gasteiger charge is 2.48. The molecule has 2 aliphatic heterocycles. The van der Waals surface area contributed by atoms with E-state index in [1.54, 1.807) is 13.2 Å². The van der Waals surface area contributed by atoms with Crippen LogP contribution < -0.4 is 9.64 Å². The van der Waals surface area contributed by atoms with Crippen LogP contribution in [-0.2, 0) is 25.2 Å². The molecule has 2 aliphatic rings. The average Bonchev–Trinajstić information content (AvgIpc) is 3.42. The molecule has 0 radical (unpaired) electrons. The smallest absolute Gasteiger partial charge is 0.303 e. The zero-order valence-electron chi connectivity index (χ0n) is 27.3. The summed E-state index contributed by atoms with van der Waals surface area (Å²) in [6.45, 7) is 21.5. The van der Waals surface area contributed by atoms with Crippen molar-refractivity contribution in [2.24, 2.45) is 0 Å². The Morgan fingerprint density at radius 3 is 2.51 bits per heavy atom. The Kier molecular flexibility index (Phi) is 10.8. The molecule has 0 saturated heterocycles. The number of anilines is 1. The minimum atomic E-state index is -0.866. The van der Waals surface area contributed by atoms with Crippen molar-refractivity contribution >= 4 is 35.2 Å². The van der Waals surface area contributed by atoms with E-state index in [4.69, 9.17) is 16.0 Å². The minimum Gasteiger partial charge on any atom is -0.497 e. The molecule has 0 fully saturated rings. The third-order valence-electron chi connectivity index (χ3n) is 9.10. The maximum Gasteiger partial charge on any atom is 0.303 e. The number of hydrogen-bond acceptors (Lipinski definition) is 6. The van der Waals surface area contributed by atoms with Crippen LogP contribution in [0.1, 0.15) is 57.1 Å². The molecular weight excluding hydrogens is 592 g/mol. The summed E-state index contributed by atoms with van der Waals surface area (Å²) in [7, 11) is 1.62. The number of carboxylic acids is 1. The fourth-order valence-electron chi connectivity index (χ4n) is 6.83. The lowest BCUT2D eigenvalue weighted by atomic mass is 9.75. The van der Waals surface area contributed by atoms with Gasteiger partial charge in [0.2, 0.25) is 5.69 Å². The summed E-state index contributed by atoms with van der Waals surface area (Å²) in [5, 5.41) is 20.1. The van der Waals surface area contributed by atoms with Gasteiger partial charge < -0.3 is 19.5 Å². The maximum absolute atomic E-state index is 11.5. The zero-order valence-corrected chi connectivity index (χ0v) is 27.3. The first-order valence-corrected chi connectivity index (χ1v) is 15.6. The number of methoxy groups -OCH3 is 1. The van der Waals surface area contributed by atoms with E-state index in [0.29, 0.717) is 62.3 Å². The van der Waals surface area contributed by atoms with E-state index in [0.717, 1.165) is 33.9 Å². The van der Waals surface area contributed by atoms with Crippen LogP contribution in [0, 0.1) is 17.9 Å². The van der Waals surface area contributed by atoms with Crippen molar-refractivity contribution in [1.82, 2.24) is 0 Å². The molecule has 4 rings (SSSR count). The predicted octanol–water partition coefficient (Wildman–Crippen LogP) is 7.29. The number of nitrogens with zero attached hydrogens (tertiary/aromatic N) is 4. The second kappa shape index (κ2) is 14.8. The Bertz CT molecular complexity index is 1760. The minimum absolute atomic E-state index is 0.0137. The molecule has 0 aromatic heterocycles. The summed E-state index contributed by atoms with van der Waals surface area (Å²) >= 11 is 0. The number of benzene rings is 2. The van der Waals surface area contributed by atoms with E-state index in [2.05, 4.69) is 47.4 Å². The predicted molar refractivity (Wildman–Crippen MR) is 182 cm³/mol. The van der Waals surface area contributed by atoms with Gasteiger partial charge in [0.05, 0.1) is 37.3 Å². The summed E-state index contributed by atoms with van der Waals surface area (Å²) in [5.74, 6) is -0.163. The van der Waals surface area contributed by atoms with Gasteiger partial charge in [-0.2, -0.15) is 9.84 Å². The summed E-state index contributed by atoms with van der Waals surface area (Å²) in [5.41, 5.74) is 5.33. The lowest BCUT2D eigenvalue weighted by molar-refractivity contribution is -0.438. The molecule has 0 spiro atoms. The van der Waals surface area contributed by atoms with Crippen molar-refractivity contribution in [3.8, 4) is 11.8 Å². The average molecular weight is 634 g/mol. The number of aliphatic carboxylic acids is 1. The van der Waals surface area contributed by atoms with Gasteiger partial charge in [-0.3, -0.25) is 9.59 Å². The summed E-state index contributed by atoms with van der Waals surface area (Å²) in [4.78, 5) is 28.1. The highest BCUT2D eigenvalue weighted by Crippen LogP contribution is 2.52. The van der Waals surface area contributed by atoms with Crippen LogP contribution in [0.25, 0.3) is 4.85 Å². The second-order valence-electron chi connectivity index (χ2n) is 12.1. The number of carbonyl (C=O) groups is 2. The van der Waals surface area contributed by atoms with Crippen LogP contribution in [0.15, 0.2) is 85.1 Å². The highest BCUT2D eigenvalue weighted by atomic mass is 16.5. The quantitative estimate of drug-likeness (QED) is 0.0516. The number of hydrogen-bond donors (Lipinski definition) is 1. The van der Waals surface area contributed by atoms with E-state index in [9.17, 15) is 20.0 Å². The maximum atomic E-state index is 11.5. The van der Waals surface area contributed by atoms with Gasteiger partial charge in [0.25, 0.3) is 6.47 Å². The fourth-order valence-corrected chi connectivity index (χ4v) is 6.83. The molecule has 47 heavy (non-hydrogen) atoms. The first kappa shape index (κ1) is 34.5. The van der Waals surface area contributed by atoms with Gasteiger partial charge in [0, 0.05) is 47.8 Å². The third kappa shape index (κ3) is 6.76. The molecule has 0 bridgehead atoms. The topological polar surface area (TPSA) is 107 Å². The van der Waals surface area contributed by atoms with E-state index in [-0.39, 0.29) is 13.0 Å². The zero-order chi connectivity index (χ0) is 34.2. The van der Waals surface area contributed by atoms with Crippen LogP contribution in [-0.4, -0.2) is 54.6 Å².